The van der Waals surface area contributed by atoms with Gasteiger partial charge in [-0.1, -0.05) is 121 Å². The number of rotatable bonds is 16. The van der Waals surface area contributed by atoms with Crippen molar-refractivity contribution in [2.45, 2.75) is 38.1 Å². The average Bonchev–Trinajstić information content (AvgIpc) is 3.36. The van der Waals surface area contributed by atoms with E-state index in [9.17, 15) is 28.8 Å². The molecule has 0 aliphatic carbocycles. The van der Waals surface area contributed by atoms with Crippen molar-refractivity contribution in [3.63, 3.8) is 0 Å². The fourth-order valence-corrected chi connectivity index (χ4v) is 6.79. The number of nitrogens with one attached hydrogen (secondary N) is 4. The Labute approximate surface area is 396 Å². The molecular formula is C50H62N6O12. The molecule has 68 heavy (non-hydrogen) atoms. The van der Waals surface area contributed by atoms with Crippen molar-refractivity contribution in [3.8, 4) is 0 Å². The highest BCUT2D eigenvalue weighted by molar-refractivity contribution is 5.90. The Morgan fingerprint density at radius 1 is 0.426 bits per heavy atom. The summed E-state index contributed by atoms with van der Waals surface area (Å²) in [5.74, 6) is -1.85. The van der Waals surface area contributed by atoms with Crippen LogP contribution < -0.4 is 21.3 Å². The zero-order valence-electron chi connectivity index (χ0n) is 38.2. The monoisotopic (exact) mass is 938 g/mol. The molecule has 2 unspecified atom stereocenters. The molecule has 4 aromatic rings. The summed E-state index contributed by atoms with van der Waals surface area (Å²) >= 11 is 0. The summed E-state index contributed by atoms with van der Waals surface area (Å²) in [7, 11) is 0. The smallest absolute Gasteiger partial charge is 0.408 e. The summed E-state index contributed by atoms with van der Waals surface area (Å²) in [6.07, 6.45) is -1.18. The number of amides is 6. The Balaban J connectivity index is 1.06. The molecule has 0 bridgehead atoms. The van der Waals surface area contributed by atoms with E-state index in [1.54, 1.807) is 0 Å². The lowest BCUT2D eigenvalue weighted by atomic mass is 10.1. The van der Waals surface area contributed by atoms with Crippen LogP contribution in [0.3, 0.4) is 0 Å². The molecule has 18 nitrogen and oxygen atoms in total. The zero-order valence-corrected chi connectivity index (χ0v) is 38.2. The highest BCUT2D eigenvalue weighted by Crippen LogP contribution is 2.08. The Hall–Kier alpha value is -6.86. The van der Waals surface area contributed by atoms with E-state index < -0.39 is 36.1 Å². The van der Waals surface area contributed by atoms with Gasteiger partial charge in [0, 0.05) is 39.0 Å². The fourth-order valence-electron chi connectivity index (χ4n) is 6.79. The largest absolute Gasteiger partial charge is 0.445 e. The number of nitrogens with zero attached hydrogens (tertiary/aromatic N) is 2. The average molecular weight is 939 g/mol. The Kier molecular flexibility index (Phi) is 23.3. The molecule has 2 atom stereocenters. The Morgan fingerprint density at radius 2 is 0.721 bits per heavy atom. The van der Waals surface area contributed by atoms with E-state index in [1.807, 2.05) is 121 Å². The van der Waals surface area contributed by atoms with Crippen LogP contribution in [0.15, 0.2) is 121 Å². The lowest BCUT2D eigenvalue weighted by Crippen LogP contribution is -2.51. The van der Waals surface area contributed by atoms with E-state index in [1.165, 1.54) is 9.80 Å². The zero-order chi connectivity index (χ0) is 48.0. The van der Waals surface area contributed by atoms with Gasteiger partial charge in [0.1, 0.15) is 25.3 Å². The second-order valence-electron chi connectivity index (χ2n) is 15.5. The summed E-state index contributed by atoms with van der Waals surface area (Å²) < 4.78 is 33.8. The topological polar surface area (TPSA) is 212 Å². The maximum atomic E-state index is 13.4. The van der Waals surface area contributed by atoms with E-state index in [0.29, 0.717) is 0 Å². The first kappa shape index (κ1) is 52.1. The van der Waals surface area contributed by atoms with Crippen LogP contribution in [0.2, 0.25) is 0 Å². The van der Waals surface area contributed by atoms with Crippen LogP contribution in [0.25, 0.3) is 0 Å². The van der Waals surface area contributed by atoms with Crippen molar-refractivity contribution in [1.82, 2.24) is 31.1 Å². The molecule has 1 heterocycles. The van der Waals surface area contributed by atoms with Crippen molar-refractivity contribution < 1.29 is 57.2 Å². The Morgan fingerprint density at radius 3 is 1.03 bits per heavy atom. The third kappa shape index (κ3) is 20.3. The second kappa shape index (κ2) is 30.4. The van der Waals surface area contributed by atoms with Gasteiger partial charge in [0.2, 0.25) is 23.6 Å². The standard InChI is InChI=1S/C50H62N6O12/c57-45(35-51-47(59)43(33-39-13-5-1-6-14-39)53-49(61)67-37-41-17-9-3-10-18-41)55-21-25-63-29-31-65-27-23-56(24-28-66-32-30-64-26-22-55)46(58)36-52-48(60)44(34-40-15-7-2-8-16-40)54-50(62)68-38-42-19-11-4-12-20-42/h1-20,43-44H,21-38H2,(H,51,59)(H,52,60)(H,53,61)(H,54,62). The molecule has 1 saturated heterocycles. The van der Waals surface area contributed by atoms with Crippen molar-refractivity contribution >= 4 is 35.8 Å². The van der Waals surface area contributed by atoms with E-state index in [2.05, 4.69) is 21.3 Å². The third-order valence-electron chi connectivity index (χ3n) is 10.5. The van der Waals surface area contributed by atoms with Gasteiger partial charge in [0.05, 0.1) is 65.9 Å². The predicted octanol–water partition coefficient (Wildman–Crippen LogP) is 3.03. The van der Waals surface area contributed by atoms with Crippen LogP contribution in [0, 0.1) is 0 Å². The van der Waals surface area contributed by atoms with Gasteiger partial charge in [0.15, 0.2) is 0 Å². The van der Waals surface area contributed by atoms with Crippen LogP contribution in [0.5, 0.6) is 0 Å². The predicted molar refractivity (Wildman–Crippen MR) is 250 cm³/mol. The molecule has 4 N–H and O–H groups in total. The maximum Gasteiger partial charge on any atom is 0.408 e. The van der Waals surface area contributed by atoms with E-state index >= 15 is 0 Å². The van der Waals surface area contributed by atoms with Crippen LogP contribution in [0.1, 0.15) is 22.3 Å². The minimum absolute atomic E-state index is 0.0272. The molecule has 0 spiro atoms. The van der Waals surface area contributed by atoms with Crippen LogP contribution >= 0.6 is 0 Å². The molecule has 1 fully saturated rings. The molecule has 1 aliphatic heterocycles. The summed E-state index contributed by atoms with van der Waals surface area (Å²) in [4.78, 5) is 82.3. The van der Waals surface area contributed by atoms with Gasteiger partial charge in [0.25, 0.3) is 0 Å². The fraction of sp³-hybridized carbons (Fsp3) is 0.400. The first-order valence-corrected chi connectivity index (χ1v) is 22.7. The van der Waals surface area contributed by atoms with Gasteiger partial charge in [-0.2, -0.15) is 0 Å². The minimum Gasteiger partial charge on any atom is -0.445 e. The molecule has 6 amide bonds. The van der Waals surface area contributed by atoms with Crippen molar-refractivity contribution in [1.29, 1.82) is 0 Å². The molecule has 4 aromatic carbocycles. The maximum absolute atomic E-state index is 13.4. The van der Waals surface area contributed by atoms with Gasteiger partial charge < -0.3 is 59.5 Å². The lowest BCUT2D eigenvalue weighted by Gasteiger charge is -2.25. The molecule has 0 saturated carbocycles. The number of hydrogen-bond donors (Lipinski definition) is 4. The molecule has 18 heteroatoms. The first-order valence-electron chi connectivity index (χ1n) is 22.7. The van der Waals surface area contributed by atoms with Gasteiger partial charge in [-0.25, -0.2) is 9.59 Å². The summed E-state index contributed by atoms with van der Waals surface area (Å²) in [5, 5.41) is 10.6. The normalized spacial score (nSPS) is 15.2. The van der Waals surface area contributed by atoms with Crippen LogP contribution in [0.4, 0.5) is 9.59 Å². The van der Waals surface area contributed by atoms with Gasteiger partial charge >= 0.3 is 12.2 Å². The molecule has 1 aliphatic rings. The van der Waals surface area contributed by atoms with Crippen molar-refractivity contribution in [2.24, 2.45) is 0 Å². The first-order chi connectivity index (χ1) is 33.2. The summed E-state index contributed by atoms with van der Waals surface area (Å²) in [6, 6.07) is 34.7. The molecule has 0 radical (unpaired) electrons. The number of benzene rings is 4. The van der Waals surface area contributed by atoms with E-state index in [4.69, 9.17) is 28.4 Å². The second-order valence-corrected chi connectivity index (χ2v) is 15.5. The number of carbonyl (C=O) groups is 6. The van der Waals surface area contributed by atoms with Crippen molar-refractivity contribution in [2.75, 3.05) is 92.1 Å². The molecule has 364 valence electrons. The van der Waals surface area contributed by atoms with Crippen LogP contribution in [-0.2, 0) is 73.7 Å². The van der Waals surface area contributed by atoms with Gasteiger partial charge in [-0.15, -0.1) is 0 Å². The van der Waals surface area contributed by atoms with E-state index in [0.717, 1.165) is 22.3 Å². The minimum atomic E-state index is -1.01. The van der Waals surface area contributed by atoms with Crippen molar-refractivity contribution in [3.05, 3.63) is 144 Å². The third-order valence-corrected chi connectivity index (χ3v) is 10.5. The number of ether oxygens (including phenoxy) is 6. The van der Waals surface area contributed by atoms with Gasteiger partial charge in [-0.3, -0.25) is 19.2 Å². The molecular weight excluding hydrogens is 877 g/mol. The van der Waals surface area contributed by atoms with E-state index in [-0.39, 0.29) is 130 Å². The Bertz CT molecular complexity index is 1950. The lowest BCUT2D eigenvalue weighted by molar-refractivity contribution is -0.135. The highest BCUT2D eigenvalue weighted by Gasteiger charge is 2.26. The summed E-state index contributed by atoms with van der Waals surface area (Å²) in [5.41, 5.74) is 3.20. The quantitative estimate of drug-likeness (QED) is 0.128. The highest BCUT2D eigenvalue weighted by atomic mass is 16.6. The molecule has 5 rings (SSSR count). The number of carbonyl (C=O) groups excluding carboxylic acids is 6. The SMILES string of the molecule is O=C(NC(Cc1ccccc1)C(=O)NCC(=O)N1CCOCCOCCN(C(=O)CNC(=O)C(Cc2ccccc2)NC(=O)OCc2ccccc2)CCOCCOCC1)OCc1ccccc1. The number of hydrogen-bond acceptors (Lipinski definition) is 12. The van der Waals surface area contributed by atoms with Crippen LogP contribution in [-0.4, -0.2) is 150 Å². The summed E-state index contributed by atoms with van der Waals surface area (Å²) in [6.45, 7) is 1.74. The molecule has 0 aromatic heterocycles. The number of alkyl carbamates (subject to hydrolysis) is 2. The van der Waals surface area contributed by atoms with Gasteiger partial charge in [-0.05, 0) is 22.3 Å².